The number of amides is 2. The predicted octanol–water partition coefficient (Wildman–Crippen LogP) is 0.775. The standard InChI is InChI=1S/C17H20N4O4/c22-14-8-4-5-11-21(14)15(12-6-2-1-3-7-12)16(23)18-10-9-13-19-17(24)25-20-13/h1-3,6-7,15H,4-5,8-11H2,(H,18,23)(H,19,20,24)/t15-/m0/s1. The van der Waals surface area contributed by atoms with Crippen LogP contribution in [0.25, 0.3) is 0 Å². The number of benzene rings is 1. The van der Waals surface area contributed by atoms with Crippen LogP contribution in [0.3, 0.4) is 0 Å². The molecule has 8 nitrogen and oxygen atoms in total. The van der Waals surface area contributed by atoms with Gasteiger partial charge in [-0.25, -0.2) is 4.79 Å². The third-order valence-electron chi connectivity index (χ3n) is 4.18. The SMILES string of the molecule is O=C(NCCc1noc(=O)[nH]1)[C@H](c1ccccc1)N1CCCCC1=O. The predicted molar refractivity (Wildman–Crippen MR) is 88.6 cm³/mol. The van der Waals surface area contributed by atoms with E-state index in [0.29, 0.717) is 25.2 Å². The monoisotopic (exact) mass is 344 g/mol. The molecular formula is C17H20N4O4. The van der Waals surface area contributed by atoms with E-state index in [1.54, 1.807) is 4.90 Å². The highest BCUT2D eigenvalue weighted by molar-refractivity contribution is 5.89. The maximum absolute atomic E-state index is 12.8. The van der Waals surface area contributed by atoms with Crippen molar-refractivity contribution in [2.75, 3.05) is 13.1 Å². The topological polar surface area (TPSA) is 108 Å². The Morgan fingerprint density at radius 1 is 1.28 bits per heavy atom. The van der Waals surface area contributed by atoms with Crippen LogP contribution in [0.15, 0.2) is 39.6 Å². The molecule has 3 rings (SSSR count). The van der Waals surface area contributed by atoms with Crippen LogP contribution in [-0.4, -0.2) is 39.9 Å². The number of nitrogens with zero attached hydrogens (tertiary/aromatic N) is 2. The highest BCUT2D eigenvalue weighted by atomic mass is 16.5. The largest absolute Gasteiger partial charge is 0.438 e. The van der Waals surface area contributed by atoms with Gasteiger partial charge in [-0.05, 0) is 18.4 Å². The molecule has 1 saturated heterocycles. The summed E-state index contributed by atoms with van der Waals surface area (Å²) in [5.74, 6) is -0.499. The second kappa shape index (κ2) is 7.78. The molecule has 1 aromatic heterocycles. The van der Waals surface area contributed by atoms with Gasteiger partial charge in [0.1, 0.15) is 6.04 Å². The lowest BCUT2D eigenvalue weighted by Crippen LogP contribution is -2.46. The summed E-state index contributed by atoms with van der Waals surface area (Å²) in [6, 6.07) is 8.62. The summed E-state index contributed by atoms with van der Waals surface area (Å²) >= 11 is 0. The van der Waals surface area contributed by atoms with Crippen molar-refractivity contribution in [2.45, 2.75) is 31.7 Å². The zero-order valence-electron chi connectivity index (χ0n) is 13.7. The smallest absolute Gasteiger partial charge is 0.354 e. The average molecular weight is 344 g/mol. The number of hydrogen-bond acceptors (Lipinski definition) is 5. The summed E-state index contributed by atoms with van der Waals surface area (Å²) in [7, 11) is 0. The molecule has 0 unspecified atom stereocenters. The Balaban J connectivity index is 1.70. The van der Waals surface area contributed by atoms with Crippen molar-refractivity contribution in [3.8, 4) is 0 Å². The number of aromatic nitrogens is 2. The maximum Gasteiger partial charge on any atom is 0.438 e. The fourth-order valence-electron chi connectivity index (χ4n) is 2.98. The number of piperidine rings is 1. The van der Waals surface area contributed by atoms with Gasteiger partial charge in [0.15, 0.2) is 5.82 Å². The Morgan fingerprint density at radius 2 is 2.08 bits per heavy atom. The normalized spacial score (nSPS) is 15.8. The van der Waals surface area contributed by atoms with Crippen molar-refractivity contribution in [3.05, 3.63) is 52.3 Å². The molecule has 1 aliphatic rings. The molecule has 0 radical (unpaired) electrons. The van der Waals surface area contributed by atoms with Crippen LogP contribution in [-0.2, 0) is 16.0 Å². The molecule has 132 valence electrons. The third-order valence-corrected chi connectivity index (χ3v) is 4.18. The number of H-pyrrole nitrogens is 1. The minimum Gasteiger partial charge on any atom is -0.354 e. The summed E-state index contributed by atoms with van der Waals surface area (Å²) in [4.78, 5) is 40.0. The second-order valence-corrected chi connectivity index (χ2v) is 5.94. The van der Waals surface area contributed by atoms with Crippen molar-refractivity contribution in [1.29, 1.82) is 0 Å². The first-order valence-corrected chi connectivity index (χ1v) is 8.32. The summed E-state index contributed by atoms with van der Waals surface area (Å²) in [5.41, 5.74) is 0.782. The Labute approximate surface area is 144 Å². The highest BCUT2D eigenvalue weighted by Crippen LogP contribution is 2.25. The molecule has 2 N–H and O–H groups in total. The number of aromatic amines is 1. The van der Waals surface area contributed by atoms with Crippen molar-refractivity contribution < 1.29 is 14.1 Å². The van der Waals surface area contributed by atoms with Gasteiger partial charge in [-0.1, -0.05) is 35.5 Å². The molecule has 2 heterocycles. The van der Waals surface area contributed by atoms with Gasteiger partial charge in [-0.3, -0.25) is 19.1 Å². The van der Waals surface area contributed by atoms with Gasteiger partial charge in [0, 0.05) is 25.9 Å². The van der Waals surface area contributed by atoms with Gasteiger partial charge in [-0.2, -0.15) is 0 Å². The van der Waals surface area contributed by atoms with E-state index in [-0.39, 0.29) is 18.4 Å². The first-order chi connectivity index (χ1) is 12.1. The van der Waals surface area contributed by atoms with E-state index in [1.807, 2.05) is 30.3 Å². The van der Waals surface area contributed by atoms with E-state index in [1.165, 1.54) is 0 Å². The quantitative estimate of drug-likeness (QED) is 0.805. The molecule has 0 aliphatic carbocycles. The Kier molecular flexibility index (Phi) is 5.27. The fourth-order valence-corrected chi connectivity index (χ4v) is 2.98. The molecule has 2 aromatic rings. The number of carbonyl (C=O) groups excluding carboxylic acids is 2. The fraction of sp³-hybridized carbons (Fsp3) is 0.412. The molecule has 0 spiro atoms. The molecule has 1 fully saturated rings. The lowest BCUT2D eigenvalue weighted by Gasteiger charge is -2.34. The molecule has 8 heteroatoms. The second-order valence-electron chi connectivity index (χ2n) is 5.94. The van der Waals surface area contributed by atoms with Crippen molar-refractivity contribution >= 4 is 11.8 Å². The van der Waals surface area contributed by atoms with Gasteiger partial charge < -0.3 is 10.2 Å². The number of hydrogen-bond donors (Lipinski definition) is 2. The lowest BCUT2D eigenvalue weighted by atomic mass is 10.0. The van der Waals surface area contributed by atoms with Crippen molar-refractivity contribution in [1.82, 2.24) is 20.4 Å². The first-order valence-electron chi connectivity index (χ1n) is 8.32. The first kappa shape index (κ1) is 16.9. The number of rotatable bonds is 6. The van der Waals surface area contributed by atoms with E-state index in [0.717, 1.165) is 18.4 Å². The molecule has 0 saturated carbocycles. The van der Waals surface area contributed by atoms with E-state index in [2.05, 4.69) is 20.0 Å². The van der Waals surface area contributed by atoms with Crippen LogP contribution < -0.4 is 11.1 Å². The molecule has 2 amide bonds. The molecule has 25 heavy (non-hydrogen) atoms. The Bertz CT molecular complexity index is 783. The summed E-state index contributed by atoms with van der Waals surface area (Å²) in [5, 5.41) is 6.38. The lowest BCUT2D eigenvalue weighted by molar-refractivity contribution is -0.142. The summed E-state index contributed by atoms with van der Waals surface area (Å²) < 4.78 is 4.42. The maximum atomic E-state index is 12.8. The zero-order chi connectivity index (χ0) is 17.6. The van der Waals surface area contributed by atoms with E-state index in [4.69, 9.17) is 0 Å². The van der Waals surface area contributed by atoms with Gasteiger partial charge in [-0.15, -0.1) is 0 Å². The van der Waals surface area contributed by atoms with Crippen LogP contribution in [0, 0.1) is 0 Å². The summed E-state index contributed by atoms with van der Waals surface area (Å²) in [6.07, 6.45) is 2.56. The van der Waals surface area contributed by atoms with Gasteiger partial charge in [0.05, 0.1) is 0 Å². The third kappa shape index (κ3) is 4.14. The van der Waals surface area contributed by atoms with Crippen LogP contribution in [0.2, 0.25) is 0 Å². The average Bonchev–Trinajstić information content (AvgIpc) is 3.03. The van der Waals surface area contributed by atoms with E-state index in [9.17, 15) is 14.4 Å². The van der Waals surface area contributed by atoms with Gasteiger partial charge in [0.25, 0.3) is 0 Å². The van der Waals surface area contributed by atoms with E-state index < -0.39 is 11.8 Å². The molecular weight excluding hydrogens is 324 g/mol. The number of carbonyl (C=O) groups is 2. The van der Waals surface area contributed by atoms with Crippen LogP contribution in [0.5, 0.6) is 0 Å². The van der Waals surface area contributed by atoms with Gasteiger partial charge >= 0.3 is 5.76 Å². The Morgan fingerprint density at radius 3 is 2.76 bits per heavy atom. The van der Waals surface area contributed by atoms with Crippen molar-refractivity contribution in [3.63, 3.8) is 0 Å². The van der Waals surface area contributed by atoms with Crippen LogP contribution in [0.1, 0.15) is 36.7 Å². The minimum atomic E-state index is -0.648. The highest BCUT2D eigenvalue weighted by Gasteiger charge is 2.32. The number of likely N-dealkylation sites (tertiary alicyclic amines) is 1. The molecule has 0 bridgehead atoms. The van der Waals surface area contributed by atoms with E-state index >= 15 is 0 Å². The summed E-state index contributed by atoms with van der Waals surface area (Å²) in [6.45, 7) is 0.856. The van der Waals surface area contributed by atoms with Crippen LogP contribution in [0.4, 0.5) is 0 Å². The molecule has 1 atom stereocenters. The van der Waals surface area contributed by atoms with Gasteiger partial charge in [0.2, 0.25) is 11.8 Å². The Hall–Kier alpha value is -2.90. The molecule has 1 aliphatic heterocycles. The minimum absolute atomic E-state index is 0.00363. The molecule has 1 aromatic carbocycles. The zero-order valence-corrected chi connectivity index (χ0v) is 13.7. The van der Waals surface area contributed by atoms with Crippen LogP contribution >= 0.6 is 0 Å². The van der Waals surface area contributed by atoms with Crippen molar-refractivity contribution in [2.24, 2.45) is 0 Å². The number of nitrogens with one attached hydrogen (secondary N) is 2.